The van der Waals surface area contributed by atoms with Crippen LogP contribution >= 0.6 is 12.2 Å². The molecular weight excluding hydrogens is 284 g/mol. The molecule has 5 heteroatoms. The first kappa shape index (κ1) is 15.8. The summed E-state index contributed by atoms with van der Waals surface area (Å²) in [7, 11) is 0. The molecule has 114 valence electrons. The Kier molecular flexibility index (Phi) is 4.83. The van der Waals surface area contributed by atoms with Crippen LogP contribution in [0.3, 0.4) is 0 Å². The summed E-state index contributed by atoms with van der Waals surface area (Å²) in [6.07, 6.45) is 2.38. The van der Waals surface area contributed by atoms with Gasteiger partial charge in [-0.1, -0.05) is 38.2 Å². The maximum atomic E-state index is 11.9. The number of hydrogen-bond acceptors (Lipinski definition) is 3. The molecule has 0 heterocycles. The van der Waals surface area contributed by atoms with E-state index in [1.165, 1.54) is 12.8 Å². The van der Waals surface area contributed by atoms with Gasteiger partial charge in [0.15, 0.2) is 6.61 Å². The van der Waals surface area contributed by atoms with Gasteiger partial charge in [0.1, 0.15) is 10.7 Å². The number of ether oxygens (including phenoxy) is 1. The molecule has 1 amide bonds. The average molecular weight is 306 g/mol. The first-order valence-corrected chi connectivity index (χ1v) is 7.64. The Hall–Kier alpha value is -1.62. The van der Waals surface area contributed by atoms with Crippen molar-refractivity contribution in [3.8, 4) is 5.75 Å². The number of carbonyl (C=O) groups is 1. The first-order valence-electron chi connectivity index (χ1n) is 7.23. The fourth-order valence-corrected chi connectivity index (χ4v) is 2.55. The van der Waals surface area contributed by atoms with Gasteiger partial charge >= 0.3 is 0 Å². The molecule has 0 aliphatic heterocycles. The number of thiocarbonyl (C=S) groups is 1. The number of amides is 1. The predicted molar refractivity (Wildman–Crippen MR) is 87.3 cm³/mol. The minimum Gasteiger partial charge on any atom is -0.483 e. The maximum Gasteiger partial charge on any atom is 0.257 e. The maximum absolute atomic E-state index is 11.9. The Morgan fingerprint density at radius 3 is 2.67 bits per heavy atom. The van der Waals surface area contributed by atoms with Crippen LogP contribution in [0, 0.1) is 11.3 Å². The van der Waals surface area contributed by atoms with Crippen LogP contribution in [0.4, 0.5) is 0 Å². The van der Waals surface area contributed by atoms with Gasteiger partial charge < -0.3 is 15.8 Å². The van der Waals surface area contributed by atoms with Crippen molar-refractivity contribution in [2.45, 2.75) is 26.7 Å². The van der Waals surface area contributed by atoms with Crippen molar-refractivity contribution in [3.05, 3.63) is 29.8 Å². The van der Waals surface area contributed by atoms with E-state index >= 15 is 0 Å². The van der Waals surface area contributed by atoms with Gasteiger partial charge in [0.2, 0.25) is 0 Å². The van der Waals surface area contributed by atoms with Crippen molar-refractivity contribution >= 4 is 23.1 Å². The van der Waals surface area contributed by atoms with Crippen molar-refractivity contribution < 1.29 is 9.53 Å². The molecule has 0 unspecified atom stereocenters. The van der Waals surface area contributed by atoms with E-state index in [0.717, 1.165) is 6.54 Å². The molecule has 1 aliphatic rings. The van der Waals surface area contributed by atoms with E-state index < -0.39 is 0 Å². The standard InChI is InChI=1S/C16H22N2O2S/c1-11(2)16(7-8-16)10-18-14(19)9-20-13-6-4-3-5-12(13)15(17)21/h3-6,11H,7-10H2,1-2H3,(H2,17,21)(H,18,19). The number of hydrogen-bond donors (Lipinski definition) is 2. The van der Waals surface area contributed by atoms with Gasteiger partial charge in [-0.3, -0.25) is 4.79 Å². The van der Waals surface area contributed by atoms with Crippen LogP contribution in [-0.2, 0) is 4.79 Å². The topological polar surface area (TPSA) is 64.3 Å². The zero-order chi connectivity index (χ0) is 15.5. The molecule has 0 spiro atoms. The molecule has 2 rings (SSSR count). The molecule has 1 aromatic rings. The highest BCUT2D eigenvalue weighted by molar-refractivity contribution is 7.80. The monoisotopic (exact) mass is 306 g/mol. The summed E-state index contributed by atoms with van der Waals surface area (Å²) in [5.74, 6) is 1.03. The van der Waals surface area contributed by atoms with E-state index in [1.807, 2.05) is 12.1 Å². The van der Waals surface area contributed by atoms with Gasteiger partial charge in [-0.25, -0.2) is 0 Å². The molecule has 21 heavy (non-hydrogen) atoms. The summed E-state index contributed by atoms with van der Waals surface area (Å²) in [6.45, 7) is 5.11. The Balaban J connectivity index is 1.83. The third-order valence-electron chi connectivity index (χ3n) is 4.27. The van der Waals surface area contributed by atoms with Gasteiger partial charge in [0, 0.05) is 6.54 Å². The van der Waals surface area contributed by atoms with Crippen LogP contribution in [-0.4, -0.2) is 24.0 Å². The lowest BCUT2D eigenvalue weighted by Crippen LogP contribution is -2.35. The van der Waals surface area contributed by atoms with Crippen LogP contribution in [0.2, 0.25) is 0 Å². The number of nitrogens with one attached hydrogen (secondary N) is 1. The predicted octanol–water partition coefficient (Wildman–Crippen LogP) is 2.25. The lowest BCUT2D eigenvalue weighted by atomic mass is 9.92. The van der Waals surface area contributed by atoms with E-state index in [1.54, 1.807) is 12.1 Å². The Morgan fingerprint density at radius 1 is 1.43 bits per heavy atom. The van der Waals surface area contributed by atoms with E-state index in [9.17, 15) is 4.79 Å². The smallest absolute Gasteiger partial charge is 0.257 e. The van der Waals surface area contributed by atoms with Crippen LogP contribution in [0.1, 0.15) is 32.3 Å². The fraction of sp³-hybridized carbons (Fsp3) is 0.500. The van der Waals surface area contributed by atoms with Crippen molar-refractivity contribution in [1.29, 1.82) is 0 Å². The molecule has 1 aliphatic carbocycles. The van der Waals surface area contributed by atoms with E-state index in [0.29, 0.717) is 22.6 Å². The van der Waals surface area contributed by atoms with Gasteiger partial charge in [0.25, 0.3) is 5.91 Å². The third kappa shape index (κ3) is 3.94. The molecule has 3 N–H and O–H groups in total. The van der Waals surface area contributed by atoms with Gasteiger partial charge in [0.05, 0.1) is 5.56 Å². The molecule has 0 aromatic heterocycles. The molecule has 1 fully saturated rings. The van der Waals surface area contributed by atoms with Gasteiger partial charge in [-0.2, -0.15) is 0 Å². The number of benzene rings is 1. The lowest BCUT2D eigenvalue weighted by molar-refractivity contribution is -0.123. The van der Waals surface area contributed by atoms with Crippen molar-refractivity contribution in [2.24, 2.45) is 17.1 Å². The summed E-state index contributed by atoms with van der Waals surface area (Å²) >= 11 is 4.96. The van der Waals surface area contributed by atoms with E-state index in [-0.39, 0.29) is 17.5 Å². The summed E-state index contributed by atoms with van der Waals surface area (Å²) in [5, 5.41) is 2.96. The van der Waals surface area contributed by atoms with E-state index in [2.05, 4.69) is 19.2 Å². The second kappa shape index (κ2) is 6.43. The quantitative estimate of drug-likeness (QED) is 0.758. The number of nitrogens with two attached hydrogens (primary N) is 1. The van der Waals surface area contributed by atoms with Crippen molar-refractivity contribution in [2.75, 3.05) is 13.2 Å². The number of para-hydroxylation sites is 1. The second-order valence-corrected chi connectivity index (χ2v) is 6.38. The molecule has 0 atom stereocenters. The van der Waals surface area contributed by atoms with E-state index in [4.69, 9.17) is 22.7 Å². The average Bonchev–Trinajstić information content (AvgIpc) is 3.24. The zero-order valence-electron chi connectivity index (χ0n) is 12.5. The van der Waals surface area contributed by atoms with Gasteiger partial charge in [-0.15, -0.1) is 0 Å². The van der Waals surface area contributed by atoms with Crippen LogP contribution < -0.4 is 15.8 Å². The molecule has 1 saturated carbocycles. The summed E-state index contributed by atoms with van der Waals surface area (Å²) in [5.41, 5.74) is 6.58. The normalized spacial score (nSPS) is 15.6. The summed E-state index contributed by atoms with van der Waals surface area (Å²) in [4.78, 5) is 12.2. The Bertz CT molecular complexity index is 539. The lowest BCUT2D eigenvalue weighted by Gasteiger charge is -2.20. The highest BCUT2D eigenvalue weighted by Gasteiger charge is 2.45. The zero-order valence-corrected chi connectivity index (χ0v) is 13.3. The molecule has 0 radical (unpaired) electrons. The second-order valence-electron chi connectivity index (χ2n) is 5.94. The highest BCUT2D eigenvalue weighted by atomic mass is 32.1. The third-order valence-corrected chi connectivity index (χ3v) is 4.49. The first-order chi connectivity index (χ1) is 9.94. The summed E-state index contributed by atoms with van der Waals surface area (Å²) < 4.78 is 5.53. The van der Waals surface area contributed by atoms with Crippen molar-refractivity contribution in [1.82, 2.24) is 5.32 Å². The summed E-state index contributed by atoms with van der Waals surface area (Å²) in [6, 6.07) is 7.21. The van der Waals surface area contributed by atoms with Crippen molar-refractivity contribution in [3.63, 3.8) is 0 Å². The molecular formula is C16H22N2O2S. The van der Waals surface area contributed by atoms with Crippen LogP contribution in [0.5, 0.6) is 5.75 Å². The Labute approximate surface area is 131 Å². The molecule has 4 nitrogen and oxygen atoms in total. The number of rotatable bonds is 7. The number of carbonyl (C=O) groups excluding carboxylic acids is 1. The highest BCUT2D eigenvalue weighted by Crippen LogP contribution is 2.51. The fourth-order valence-electron chi connectivity index (χ4n) is 2.38. The van der Waals surface area contributed by atoms with Crippen LogP contribution in [0.25, 0.3) is 0 Å². The van der Waals surface area contributed by atoms with Gasteiger partial charge in [-0.05, 0) is 36.3 Å². The van der Waals surface area contributed by atoms with Crippen LogP contribution in [0.15, 0.2) is 24.3 Å². The molecule has 0 bridgehead atoms. The Morgan fingerprint density at radius 2 is 2.10 bits per heavy atom. The molecule has 0 saturated heterocycles. The SMILES string of the molecule is CC(C)C1(CNC(=O)COc2ccccc2C(N)=S)CC1. The minimum atomic E-state index is -0.111. The largest absolute Gasteiger partial charge is 0.483 e. The minimum absolute atomic E-state index is 0.0200. The molecule has 1 aromatic carbocycles.